The number of rotatable bonds is 4. The van der Waals surface area contributed by atoms with Gasteiger partial charge in [0.25, 0.3) is 0 Å². The molecule has 1 aromatic carbocycles. The SMILES string of the molecule is Cn1cc(CNc2oc(-c3ccc(Cl)cc3)nc2C#N)cn1. The van der Waals surface area contributed by atoms with Gasteiger partial charge in [-0.25, -0.2) is 0 Å². The minimum Gasteiger partial charge on any atom is -0.419 e. The first kappa shape index (κ1) is 14.2. The molecular weight excluding hydrogens is 302 g/mol. The predicted octanol–water partition coefficient (Wildman–Crippen LogP) is 3.21. The van der Waals surface area contributed by atoms with Crippen LogP contribution in [0.15, 0.2) is 41.1 Å². The zero-order valence-corrected chi connectivity index (χ0v) is 12.5. The van der Waals surface area contributed by atoms with Crippen molar-refractivity contribution in [3.8, 4) is 17.5 Å². The van der Waals surface area contributed by atoms with Gasteiger partial charge in [-0.3, -0.25) is 4.68 Å². The summed E-state index contributed by atoms with van der Waals surface area (Å²) in [5.74, 6) is 0.721. The van der Waals surface area contributed by atoms with Gasteiger partial charge in [0, 0.05) is 35.9 Å². The first-order valence-corrected chi connectivity index (χ1v) is 6.92. The van der Waals surface area contributed by atoms with Gasteiger partial charge in [0.05, 0.1) is 6.20 Å². The number of nitrogens with one attached hydrogen (secondary N) is 1. The molecule has 2 heterocycles. The zero-order valence-electron chi connectivity index (χ0n) is 11.7. The van der Waals surface area contributed by atoms with Crippen molar-refractivity contribution >= 4 is 17.5 Å². The summed E-state index contributed by atoms with van der Waals surface area (Å²) in [6, 6.07) is 9.10. The lowest BCUT2D eigenvalue weighted by Crippen LogP contribution is -1.98. The molecule has 7 heteroatoms. The number of anilines is 1. The Hall–Kier alpha value is -2.78. The first-order chi connectivity index (χ1) is 10.7. The van der Waals surface area contributed by atoms with Gasteiger partial charge >= 0.3 is 0 Å². The van der Waals surface area contributed by atoms with Crippen LogP contribution >= 0.6 is 11.6 Å². The van der Waals surface area contributed by atoms with Crippen molar-refractivity contribution < 1.29 is 4.42 Å². The van der Waals surface area contributed by atoms with E-state index in [1.807, 2.05) is 19.3 Å². The molecule has 0 fully saturated rings. The highest BCUT2D eigenvalue weighted by molar-refractivity contribution is 6.30. The van der Waals surface area contributed by atoms with Gasteiger partial charge in [-0.15, -0.1) is 0 Å². The van der Waals surface area contributed by atoms with Crippen LogP contribution in [0.4, 0.5) is 5.88 Å². The molecule has 0 atom stereocenters. The molecule has 2 aromatic heterocycles. The third-order valence-electron chi connectivity index (χ3n) is 3.04. The molecule has 0 saturated heterocycles. The third-order valence-corrected chi connectivity index (χ3v) is 3.29. The Balaban J connectivity index is 1.82. The van der Waals surface area contributed by atoms with Crippen LogP contribution in [-0.2, 0) is 13.6 Å². The Morgan fingerprint density at radius 1 is 1.36 bits per heavy atom. The Morgan fingerprint density at radius 3 is 2.77 bits per heavy atom. The fourth-order valence-electron chi connectivity index (χ4n) is 1.98. The topological polar surface area (TPSA) is 79.7 Å². The highest BCUT2D eigenvalue weighted by atomic mass is 35.5. The van der Waals surface area contributed by atoms with Gasteiger partial charge in [-0.05, 0) is 24.3 Å². The Kier molecular flexibility index (Phi) is 3.81. The van der Waals surface area contributed by atoms with E-state index >= 15 is 0 Å². The molecule has 3 aromatic rings. The molecule has 3 rings (SSSR count). The summed E-state index contributed by atoms with van der Waals surface area (Å²) in [4.78, 5) is 4.19. The molecule has 0 radical (unpaired) electrons. The van der Waals surface area contributed by atoms with Crippen molar-refractivity contribution in [1.29, 1.82) is 5.26 Å². The first-order valence-electron chi connectivity index (χ1n) is 6.54. The monoisotopic (exact) mass is 313 g/mol. The Labute approximate surface area is 132 Å². The predicted molar refractivity (Wildman–Crippen MR) is 82.2 cm³/mol. The minimum absolute atomic E-state index is 0.217. The number of benzene rings is 1. The van der Waals surface area contributed by atoms with E-state index < -0.39 is 0 Å². The van der Waals surface area contributed by atoms with Crippen molar-refractivity contribution in [3.05, 3.63) is 52.9 Å². The van der Waals surface area contributed by atoms with Crippen LogP contribution in [0.3, 0.4) is 0 Å². The van der Waals surface area contributed by atoms with Gasteiger partial charge < -0.3 is 9.73 Å². The average molecular weight is 314 g/mol. The van der Waals surface area contributed by atoms with E-state index in [1.165, 1.54) is 0 Å². The van der Waals surface area contributed by atoms with Crippen molar-refractivity contribution in [2.45, 2.75) is 6.54 Å². The smallest absolute Gasteiger partial charge is 0.232 e. The minimum atomic E-state index is 0.217. The molecule has 0 unspecified atom stereocenters. The fourth-order valence-corrected chi connectivity index (χ4v) is 2.10. The maximum Gasteiger partial charge on any atom is 0.232 e. The fraction of sp³-hybridized carbons (Fsp3) is 0.133. The molecule has 6 nitrogen and oxygen atoms in total. The lowest BCUT2D eigenvalue weighted by molar-refractivity contribution is 0.585. The second kappa shape index (κ2) is 5.92. The van der Waals surface area contributed by atoms with Crippen molar-refractivity contribution in [1.82, 2.24) is 14.8 Å². The molecule has 0 aliphatic rings. The number of aromatic nitrogens is 3. The summed E-state index contributed by atoms with van der Waals surface area (Å²) in [5, 5.41) is 17.0. The number of oxazole rings is 1. The van der Waals surface area contributed by atoms with E-state index in [1.54, 1.807) is 35.1 Å². The van der Waals surface area contributed by atoms with E-state index in [-0.39, 0.29) is 5.69 Å². The van der Waals surface area contributed by atoms with Crippen molar-refractivity contribution in [3.63, 3.8) is 0 Å². The maximum atomic E-state index is 9.17. The van der Waals surface area contributed by atoms with Crippen LogP contribution in [-0.4, -0.2) is 14.8 Å². The van der Waals surface area contributed by atoms with Crippen molar-refractivity contribution in [2.75, 3.05) is 5.32 Å². The summed E-state index contributed by atoms with van der Waals surface area (Å²) < 4.78 is 7.36. The van der Waals surface area contributed by atoms with E-state index in [9.17, 15) is 5.26 Å². The van der Waals surface area contributed by atoms with Crippen LogP contribution in [0.1, 0.15) is 11.3 Å². The second-order valence-electron chi connectivity index (χ2n) is 4.69. The highest BCUT2D eigenvalue weighted by Crippen LogP contribution is 2.26. The lowest BCUT2D eigenvalue weighted by Gasteiger charge is -2.00. The van der Waals surface area contributed by atoms with Gasteiger partial charge in [0.2, 0.25) is 17.5 Å². The van der Waals surface area contributed by atoms with Crippen LogP contribution in [0, 0.1) is 11.3 Å². The molecule has 0 bridgehead atoms. The van der Waals surface area contributed by atoms with E-state index in [2.05, 4.69) is 15.4 Å². The molecule has 110 valence electrons. The number of hydrogen-bond donors (Lipinski definition) is 1. The molecule has 0 spiro atoms. The summed E-state index contributed by atoms with van der Waals surface area (Å²) >= 11 is 5.86. The maximum absolute atomic E-state index is 9.17. The summed E-state index contributed by atoms with van der Waals surface area (Å²) in [6.45, 7) is 0.498. The molecule has 0 aliphatic heterocycles. The number of halogens is 1. The molecule has 0 aliphatic carbocycles. The van der Waals surface area contributed by atoms with E-state index in [4.69, 9.17) is 16.0 Å². The molecule has 22 heavy (non-hydrogen) atoms. The summed E-state index contributed by atoms with van der Waals surface area (Å²) in [6.07, 6.45) is 3.63. The number of nitrogens with zero attached hydrogens (tertiary/aromatic N) is 4. The summed E-state index contributed by atoms with van der Waals surface area (Å²) in [5.41, 5.74) is 1.96. The number of nitriles is 1. The van der Waals surface area contributed by atoms with Gasteiger partial charge in [-0.1, -0.05) is 11.6 Å². The average Bonchev–Trinajstić information content (AvgIpc) is 3.12. The van der Waals surface area contributed by atoms with Crippen molar-refractivity contribution in [2.24, 2.45) is 7.05 Å². The molecule has 0 saturated carbocycles. The van der Waals surface area contributed by atoms with E-state index in [0.717, 1.165) is 11.1 Å². The highest BCUT2D eigenvalue weighted by Gasteiger charge is 2.14. The summed E-state index contributed by atoms with van der Waals surface area (Å²) in [7, 11) is 1.84. The zero-order chi connectivity index (χ0) is 15.5. The number of hydrogen-bond acceptors (Lipinski definition) is 5. The van der Waals surface area contributed by atoms with Crippen LogP contribution in [0.25, 0.3) is 11.5 Å². The molecular formula is C15H12ClN5O. The van der Waals surface area contributed by atoms with Gasteiger partial charge in [0.15, 0.2) is 0 Å². The van der Waals surface area contributed by atoms with Crippen LogP contribution in [0.5, 0.6) is 0 Å². The lowest BCUT2D eigenvalue weighted by atomic mass is 10.2. The van der Waals surface area contributed by atoms with E-state index in [0.29, 0.717) is 23.3 Å². The van der Waals surface area contributed by atoms with Gasteiger partial charge in [-0.2, -0.15) is 15.3 Å². The second-order valence-corrected chi connectivity index (χ2v) is 5.13. The largest absolute Gasteiger partial charge is 0.419 e. The normalized spacial score (nSPS) is 10.4. The quantitative estimate of drug-likeness (QED) is 0.800. The standard InChI is InChI=1S/C15H12ClN5O/c1-21-9-10(8-19-21)7-18-15-13(6-17)20-14(22-15)11-2-4-12(16)5-3-11/h2-5,8-9,18H,7H2,1H3. The molecule has 0 amide bonds. The third kappa shape index (κ3) is 2.95. The number of aryl methyl sites for hydroxylation is 1. The Bertz CT molecular complexity index is 828. The van der Waals surface area contributed by atoms with Crippen LogP contribution in [0.2, 0.25) is 5.02 Å². The van der Waals surface area contributed by atoms with Gasteiger partial charge in [0.1, 0.15) is 6.07 Å². The Morgan fingerprint density at radius 2 is 2.14 bits per heavy atom. The van der Waals surface area contributed by atoms with Crippen LogP contribution < -0.4 is 5.32 Å². The molecule has 1 N–H and O–H groups in total.